The fourth-order valence-corrected chi connectivity index (χ4v) is 2.06. The number of benzene rings is 1. The molecular weight excluding hydrogens is 250 g/mol. The van der Waals surface area contributed by atoms with Gasteiger partial charge in [-0.3, -0.25) is 4.79 Å². The van der Waals surface area contributed by atoms with Gasteiger partial charge >= 0.3 is 0 Å². The highest BCUT2D eigenvalue weighted by molar-refractivity contribution is 5.81. The molecule has 4 nitrogen and oxygen atoms in total. The number of nitrogens with zero attached hydrogens (tertiary/aromatic N) is 2. The predicted molar refractivity (Wildman–Crippen MR) is 84.4 cm³/mol. The third kappa shape index (κ3) is 2.40. The number of allylic oxidation sites excluding steroid dienone is 5. The second kappa shape index (κ2) is 5.57. The summed E-state index contributed by atoms with van der Waals surface area (Å²) < 4.78 is 1.39. The summed E-state index contributed by atoms with van der Waals surface area (Å²) in [4.78, 5) is 16.9. The molecule has 0 aliphatic heterocycles. The highest BCUT2D eigenvalue weighted by Gasteiger charge is 2.10. The molecule has 2 N–H and O–H groups in total. The Bertz CT molecular complexity index is 782. The molecule has 0 spiro atoms. The Morgan fingerprint density at radius 3 is 2.85 bits per heavy atom. The Kier molecular flexibility index (Phi) is 3.84. The van der Waals surface area contributed by atoms with Crippen molar-refractivity contribution in [1.82, 2.24) is 9.55 Å². The third-order valence-corrected chi connectivity index (χ3v) is 2.93. The SMILES string of the molecule is C=C/C=C(\C=C/C)n1c(N)nc2ccc(C)cc2c1=O. The molecule has 0 atom stereocenters. The molecular formula is C16H17N3O. The molecule has 0 unspecified atom stereocenters. The molecule has 2 aromatic rings. The van der Waals surface area contributed by atoms with Crippen LogP contribution in [0.4, 0.5) is 5.95 Å². The smallest absolute Gasteiger partial charge is 0.267 e. The first kappa shape index (κ1) is 13.8. The van der Waals surface area contributed by atoms with Crippen LogP contribution >= 0.6 is 0 Å². The van der Waals surface area contributed by atoms with Crippen LogP contribution in [-0.2, 0) is 0 Å². The molecule has 0 fully saturated rings. The van der Waals surface area contributed by atoms with Crippen LogP contribution < -0.4 is 11.3 Å². The lowest BCUT2D eigenvalue weighted by molar-refractivity contribution is 1.01. The average Bonchev–Trinajstić information content (AvgIpc) is 2.40. The van der Waals surface area contributed by atoms with E-state index in [0.717, 1.165) is 5.56 Å². The summed E-state index contributed by atoms with van der Waals surface area (Å²) in [5.74, 6) is 0.164. The van der Waals surface area contributed by atoms with Gasteiger partial charge < -0.3 is 5.73 Å². The van der Waals surface area contributed by atoms with E-state index >= 15 is 0 Å². The van der Waals surface area contributed by atoms with Crippen molar-refractivity contribution in [3.05, 3.63) is 65.0 Å². The number of hydrogen-bond donors (Lipinski definition) is 1. The first-order valence-electron chi connectivity index (χ1n) is 6.33. The van der Waals surface area contributed by atoms with E-state index in [1.54, 1.807) is 24.3 Å². The Balaban J connectivity index is 2.86. The van der Waals surface area contributed by atoms with Gasteiger partial charge in [-0.05, 0) is 38.1 Å². The van der Waals surface area contributed by atoms with Gasteiger partial charge in [-0.2, -0.15) is 0 Å². The summed E-state index contributed by atoms with van der Waals surface area (Å²) in [5, 5.41) is 0.554. The largest absolute Gasteiger partial charge is 0.369 e. The van der Waals surface area contributed by atoms with Crippen LogP contribution in [0.5, 0.6) is 0 Å². The van der Waals surface area contributed by atoms with Crippen LogP contribution in [0.15, 0.2) is 53.9 Å². The van der Waals surface area contributed by atoms with Gasteiger partial charge in [0, 0.05) is 0 Å². The predicted octanol–water partition coefficient (Wildman–Crippen LogP) is 2.89. The van der Waals surface area contributed by atoms with Crippen molar-refractivity contribution in [3.8, 4) is 0 Å². The van der Waals surface area contributed by atoms with Gasteiger partial charge in [-0.15, -0.1) is 0 Å². The van der Waals surface area contributed by atoms with E-state index in [1.807, 2.05) is 32.1 Å². The normalized spacial score (nSPS) is 12.2. The van der Waals surface area contributed by atoms with E-state index < -0.39 is 0 Å². The van der Waals surface area contributed by atoms with Crippen LogP contribution in [0.25, 0.3) is 16.6 Å². The van der Waals surface area contributed by atoms with Crippen molar-refractivity contribution >= 4 is 22.5 Å². The first-order chi connectivity index (χ1) is 9.58. The molecule has 0 saturated heterocycles. The summed E-state index contributed by atoms with van der Waals surface area (Å²) in [5.41, 5.74) is 8.00. The maximum absolute atomic E-state index is 12.6. The van der Waals surface area contributed by atoms with E-state index in [0.29, 0.717) is 16.6 Å². The minimum atomic E-state index is -0.178. The number of hydrogen-bond acceptors (Lipinski definition) is 3. The van der Waals surface area contributed by atoms with Crippen molar-refractivity contribution in [2.45, 2.75) is 13.8 Å². The number of nitrogens with two attached hydrogens (primary N) is 1. The standard InChI is InChI=1S/C16H17N3O/c1-4-6-12(7-5-2)19-15(20)13-10-11(3)8-9-14(13)18-16(19)17/h4-10H,1H2,2-3H3,(H2,17,18)/b7-5-,12-6+. The summed E-state index contributed by atoms with van der Waals surface area (Å²) in [6, 6.07) is 5.53. The zero-order valence-electron chi connectivity index (χ0n) is 11.6. The lowest BCUT2D eigenvalue weighted by atomic mass is 10.1. The van der Waals surface area contributed by atoms with Crippen molar-refractivity contribution in [2.75, 3.05) is 5.73 Å². The van der Waals surface area contributed by atoms with Gasteiger partial charge in [0.25, 0.3) is 5.56 Å². The Labute approximate surface area is 117 Å². The van der Waals surface area contributed by atoms with Gasteiger partial charge in [-0.25, -0.2) is 9.55 Å². The second-order valence-corrected chi connectivity index (χ2v) is 4.46. The Hall–Kier alpha value is -2.62. The second-order valence-electron chi connectivity index (χ2n) is 4.46. The van der Waals surface area contributed by atoms with Crippen LogP contribution in [0.1, 0.15) is 12.5 Å². The van der Waals surface area contributed by atoms with Crippen molar-refractivity contribution in [3.63, 3.8) is 0 Å². The molecule has 1 heterocycles. The molecule has 20 heavy (non-hydrogen) atoms. The van der Waals surface area contributed by atoms with Gasteiger partial charge in [-0.1, -0.05) is 30.4 Å². The van der Waals surface area contributed by atoms with E-state index in [1.165, 1.54) is 4.57 Å². The molecule has 4 heteroatoms. The van der Waals surface area contributed by atoms with Gasteiger partial charge in [0.05, 0.1) is 16.6 Å². The van der Waals surface area contributed by atoms with Crippen molar-refractivity contribution < 1.29 is 0 Å². The molecule has 0 saturated carbocycles. The monoisotopic (exact) mass is 267 g/mol. The van der Waals surface area contributed by atoms with Crippen molar-refractivity contribution in [1.29, 1.82) is 0 Å². The third-order valence-electron chi connectivity index (χ3n) is 2.93. The molecule has 1 aromatic carbocycles. The van der Waals surface area contributed by atoms with Crippen LogP contribution in [0, 0.1) is 6.92 Å². The van der Waals surface area contributed by atoms with E-state index in [2.05, 4.69) is 11.6 Å². The van der Waals surface area contributed by atoms with Gasteiger partial charge in [0.15, 0.2) is 0 Å². The Morgan fingerprint density at radius 2 is 2.20 bits per heavy atom. The first-order valence-corrected chi connectivity index (χ1v) is 6.33. The highest BCUT2D eigenvalue weighted by atomic mass is 16.1. The maximum Gasteiger partial charge on any atom is 0.267 e. The highest BCUT2D eigenvalue weighted by Crippen LogP contribution is 2.15. The molecule has 1 aromatic heterocycles. The maximum atomic E-state index is 12.6. The number of nitrogen functional groups attached to an aromatic ring is 1. The number of fused-ring (bicyclic) bond motifs is 1. The average molecular weight is 267 g/mol. The van der Waals surface area contributed by atoms with E-state index in [-0.39, 0.29) is 11.5 Å². The quantitative estimate of drug-likeness (QED) is 0.870. The fourth-order valence-electron chi connectivity index (χ4n) is 2.06. The van der Waals surface area contributed by atoms with Crippen LogP contribution in [-0.4, -0.2) is 9.55 Å². The van der Waals surface area contributed by atoms with E-state index in [9.17, 15) is 4.79 Å². The van der Waals surface area contributed by atoms with Crippen LogP contribution in [0.3, 0.4) is 0 Å². The fraction of sp³-hybridized carbons (Fsp3) is 0.125. The zero-order valence-corrected chi connectivity index (χ0v) is 11.6. The number of rotatable bonds is 3. The lowest BCUT2D eigenvalue weighted by Crippen LogP contribution is -2.23. The van der Waals surface area contributed by atoms with Crippen molar-refractivity contribution in [2.24, 2.45) is 0 Å². The van der Waals surface area contributed by atoms with Gasteiger partial charge in [0.1, 0.15) is 0 Å². The molecule has 0 bridgehead atoms. The number of aryl methyl sites for hydroxylation is 1. The van der Waals surface area contributed by atoms with Crippen LogP contribution in [0.2, 0.25) is 0 Å². The zero-order chi connectivity index (χ0) is 14.7. The summed E-state index contributed by atoms with van der Waals surface area (Å²) in [6.45, 7) is 7.47. The van der Waals surface area contributed by atoms with Gasteiger partial charge in [0.2, 0.25) is 5.95 Å². The minimum absolute atomic E-state index is 0.164. The molecule has 102 valence electrons. The molecule has 0 aliphatic carbocycles. The minimum Gasteiger partial charge on any atom is -0.369 e. The topological polar surface area (TPSA) is 60.9 Å². The molecule has 0 radical (unpaired) electrons. The summed E-state index contributed by atoms with van der Waals surface area (Å²) in [6.07, 6.45) is 6.97. The molecule has 0 amide bonds. The number of aromatic nitrogens is 2. The molecule has 2 rings (SSSR count). The lowest BCUT2D eigenvalue weighted by Gasteiger charge is -2.11. The molecule has 0 aliphatic rings. The Morgan fingerprint density at radius 1 is 1.45 bits per heavy atom. The summed E-state index contributed by atoms with van der Waals surface area (Å²) >= 11 is 0. The van der Waals surface area contributed by atoms with E-state index in [4.69, 9.17) is 5.73 Å². The number of anilines is 1. The summed E-state index contributed by atoms with van der Waals surface area (Å²) in [7, 11) is 0.